The number of imidazole rings is 1. The molecule has 0 saturated carbocycles. The Labute approximate surface area is 227 Å². The zero-order valence-corrected chi connectivity index (χ0v) is 23.8. The monoisotopic (exact) mass is 549 g/mol. The lowest BCUT2D eigenvalue weighted by atomic mass is 9.91. The van der Waals surface area contributed by atoms with Gasteiger partial charge in [-0.3, -0.25) is 4.79 Å². The summed E-state index contributed by atoms with van der Waals surface area (Å²) >= 11 is 1.58. The van der Waals surface area contributed by atoms with E-state index in [0.717, 1.165) is 38.5 Å². The molecule has 38 heavy (non-hydrogen) atoms. The van der Waals surface area contributed by atoms with Crippen LogP contribution in [-0.2, 0) is 22.8 Å². The fourth-order valence-electron chi connectivity index (χ4n) is 4.70. The quantitative estimate of drug-likeness (QED) is 0.334. The molecular weight excluding hydrogens is 518 g/mol. The molecule has 0 atom stereocenters. The number of aryl methyl sites for hydroxylation is 1. The third-order valence-electron chi connectivity index (χ3n) is 6.56. The minimum absolute atomic E-state index is 0.0534. The van der Waals surface area contributed by atoms with Gasteiger partial charge in [0.2, 0.25) is 0 Å². The van der Waals surface area contributed by atoms with Gasteiger partial charge in [0.25, 0.3) is 5.91 Å². The summed E-state index contributed by atoms with van der Waals surface area (Å²) < 4.78 is 32.3. The number of fused-ring (bicyclic) bond motifs is 3. The first-order valence-corrected chi connectivity index (χ1v) is 15.2. The van der Waals surface area contributed by atoms with E-state index in [9.17, 15) is 13.2 Å². The first kappa shape index (κ1) is 26.2. The smallest absolute Gasteiger partial charge is 0.287 e. The molecule has 2 aromatic heterocycles. The van der Waals surface area contributed by atoms with Crippen molar-refractivity contribution in [2.75, 3.05) is 19.9 Å². The summed E-state index contributed by atoms with van der Waals surface area (Å²) in [4.78, 5) is 19.4. The van der Waals surface area contributed by atoms with E-state index in [2.05, 4.69) is 26.1 Å². The van der Waals surface area contributed by atoms with Gasteiger partial charge in [-0.2, -0.15) is 0 Å². The minimum atomic E-state index is -3.38. The highest BCUT2D eigenvalue weighted by molar-refractivity contribution is 7.90. The van der Waals surface area contributed by atoms with Crippen molar-refractivity contribution < 1.29 is 17.9 Å². The number of nitrogens with one attached hydrogen (secondary N) is 1. The van der Waals surface area contributed by atoms with Crippen molar-refractivity contribution in [3.05, 3.63) is 65.3 Å². The van der Waals surface area contributed by atoms with Crippen molar-refractivity contribution in [3.8, 4) is 38.7 Å². The third-order valence-corrected chi connectivity index (χ3v) is 8.55. The number of methoxy groups -OCH3 is 1. The topological polar surface area (TPSA) is 90.3 Å². The molecule has 5 rings (SSSR count). The van der Waals surface area contributed by atoms with Gasteiger partial charge in [-0.1, -0.05) is 39.0 Å². The van der Waals surface area contributed by atoms with Gasteiger partial charge in [-0.15, -0.1) is 11.3 Å². The second-order valence-electron chi connectivity index (χ2n) is 10.8. The number of carbonyl (C=O) groups excluding carboxylic acids is 1. The molecule has 0 fully saturated rings. The highest BCUT2D eigenvalue weighted by atomic mass is 32.2. The fraction of sp³-hybridized carbons (Fsp3) is 0.310. The highest BCUT2D eigenvalue weighted by Crippen LogP contribution is 2.44. The van der Waals surface area contributed by atoms with Crippen LogP contribution >= 0.6 is 11.3 Å². The fourth-order valence-corrected chi connectivity index (χ4v) is 6.08. The van der Waals surface area contributed by atoms with Gasteiger partial charge in [0.15, 0.2) is 15.7 Å². The summed E-state index contributed by atoms with van der Waals surface area (Å²) in [5.41, 5.74) is 5.18. The lowest BCUT2D eigenvalue weighted by Gasteiger charge is -2.24. The van der Waals surface area contributed by atoms with Gasteiger partial charge in [-0.25, -0.2) is 13.4 Å². The zero-order valence-electron chi connectivity index (χ0n) is 22.2. The molecule has 1 N–H and O–H groups in total. The number of hydrogen-bond donors (Lipinski definition) is 1. The van der Waals surface area contributed by atoms with Gasteiger partial charge in [0.05, 0.1) is 22.6 Å². The van der Waals surface area contributed by atoms with E-state index in [4.69, 9.17) is 9.72 Å². The van der Waals surface area contributed by atoms with E-state index in [0.29, 0.717) is 31.1 Å². The van der Waals surface area contributed by atoms with Crippen LogP contribution < -0.4 is 10.1 Å². The molecule has 3 heterocycles. The lowest BCUT2D eigenvalue weighted by Crippen LogP contribution is -2.34. The number of aromatic nitrogens is 2. The Hall–Kier alpha value is -3.43. The van der Waals surface area contributed by atoms with Crippen LogP contribution in [-0.4, -0.2) is 43.8 Å². The van der Waals surface area contributed by atoms with Crippen LogP contribution in [0.15, 0.2) is 58.8 Å². The van der Waals surface area contributed by atoms with Gasteiger partial charge < -0.3 is 14.6 Å². The molecule has 4 aromatic rings. The third kappa shape index (κ3) is 5.00. The minimum Gasteiger partial charge on any atom is -0.496 e. The Kier molecular flexibility index (Phi) is 6.69. The Balaban J connectivity index is 1.70. The summed E-state index contributed by atoms with van der Waals surface area (Å²) in [6.45, 7) is 7.39. The summed E-state index contributed by atoms with van der Waals surface area (Å²) in [5, 5.41) is 5.05. The van der Waals surface area contributed by atoms with Crippen LogP contribution in [0.5, 0.6) is 5.75 Å². The molecule has 0 aliphatic carbocycles. The number of amides is 1. The molecule has 0 unspecified atom stereocenters. The van der Waals surface area contributed by atoms with Crippen molar-refractivity contribution >= 4 is 27.1 Å². The maximum Gasteiger partial charge on any atom is 0.287 e. The molecule has 0 radical (unpaired) electrons. The largest absolute Gasteiger partial charge is 0.496 e. The van der Waals surface area contributed by atoms with E-state index in [1.165, 1.54) is 6.26 Å². The maximum absolute atomic E-state index is 13.3. The van der Waals surface area contributed by atoms with Crippen molar-refractivity contribution in [2.45, 2.75) is 38.6 Å². The molecule has 1 amide bonds. The average molecular weight is 550 g/mol. The van der Waals surface area contributed by atoms with Crippen molar-refractivity contribution in [2.24, 2.45) is 5.41 Å². The first-order valence-electron chi connectivity index (χ1n) is 12.4. The van der Waals surface area contributed by atoms with E-state index in [-0.39, 0.29) is 16.2 Å². The second kappa shape index (κ2) is 9.71. The van der Waals surface area contributed by atoms with E-state index >= 15 is 0 Å². The van der Waals surface area contributed by atoms with Crippen molar-refractivity contribution in [1.29, 1.82) is 0 Å². The summed E-state index contributed by atoms with van der Waals surface area (Å²) in [5.74, 6) is 0.875. The number of rotatable bonds is 6. The first-order chi connectivity index (χ1) is 18.0. The molecule has 1 aliphatic heterocycles. The van der Waals surface area contributed by atoms with Crippen LogP contribution in [0.2, 0.25) is 0 Å². The predicted molar refractivity (Wildman–Crippen MR) is 152 cm³/mol. The van der Waals surface area contributed by atoms with Crippen LogP contribution in [0.3, 0.4) is 0 Å². The number of sulfone groups is 1. The van der Waals surface area contributed by atoms with Crippen LogP contribution in [0.1, 0.15) is 37.0 Å². The number of hydrogen-bond acceptors (Lipinski definition) is 6. The molecule has 1 aliphatic rings. The number of nitrogens with zero attached hydrogens (tertiary/aromatic N) is 2. The lowest BCUT2D eigenvalue weighted by molar-refractivity contribution is 0.0924. The second-order valence-corrected chi connectivity index (χ2v) is 13.7. The van der Waals surface area contributed by atoms with Crippen LogP contribution in [0, 0.1) is 5.41 Å². The maximum atomic E-state index is 13.3. The Bertz CT molecular complexity index is 1630. The Morgan fingerprint density at radius 2 is 1.92 bits per heavy atom. The molecule has 0 saturated heterocycles. The summed E-state index contributed by atoms with van der Waals surface area (Å²) in [6.07, 6.45) is 1.91. The number of thiophene rings is 1. The Morgan fingerprint density at radius 3 is 2.58 bits per heavy atom. The van der Waals surface area contributed by atoms with E-state index in [1.54, 1.807) is 36.6 Å². The van der Waals surface area contributed by atoms with Crippen LogP contribution in [0.25, 0.3) is 33.0 Å². The van der Waals surface area contributed by atoms with Crippen molar-refractivity contribution in [3.63, 3.8) is 0 Å². The standard InChI is InChI=1S/C29H31N3O4S2/c1-29(2,3)17-30-28(33)27-31-25(24-10-7-13-37-24)26-22-16-21(18-8-6-9-20(14-18)38(5,34)35)23(36-4)15-19(22)11-12-32(26)27/h6-10,13-16H,11-12,17H2,1-5H3,(H,30,33). The zero-order chi connectivity index (χ0) is 27.2. The van der Waals surface area contributed by atoms with E-state index in [1.807, 2.05) is 40.3 Å². The highest BCUT2D eigenvalue weighted by Gasteiger charge is 2.30. The number of benzene rings is 2. The van der Waals surface area contributed by atoms with Gasteiger partial charge in [0.1, 0.15) is 11.4 Å². The van der Waals surface area contributed by atoms with E-state index < -0.39 is 9.84 Å². The molecule has 2 aromatic carbocycles. The molecule has 7 nitrogen and oxygen atoms in total. The SMILES string of the molecule is COc1cc2c(cc1-c1cccc(S(C)(=O)=O)c1)-c1c(-c3cccs3)nc(C(=O)NCC(C)(C)C)n1CC2. The number of carbonyl (C=O) groups is 1. The predicted octanol–water partition coefficient (Wildman–Crippen LogP) is 5.69. The Morgan fingerprint density at radius 1 is 1.13 bits per heavy atom. The number of ether oxygens (including phenoxy) is 1. The van der Waals surface area contributed by atoms with Crippen LogP contribution in [0.4, 0.5) is 0 Å². The van der Waals surface area contributed by atoms with Gasteiger partial charge in [-0.05, 0) is 58.7 Å². The summed E-state index contributed by atoms with van der Waals surface area (Å²) in [7, 11) is -1.76. The normalized spacial score (nSPS) is 13.1. The summed E-state index contributed by atoms with van der Waals surface area (Å²) in [6, 6.07) is 14.9. The molecular formula is C29H31N3O4S2. The van der Waals surface area contributed by atoms with Gasteiger partial charge >= 0.3 is 0 Å². The average Bonchev–Trinajstić information content (AvgIpc) is 3.54. The molecule has 0 spiro atoms. The molecule has 0 bridgehead atoms. The van der Waals surface area contributed by atoms with Crippen molar-refractivity contribution in [1.82, 2.24) is 14.9 Å². The van der Waals surface area contributed by atoms with Gasteiger partial charge in [0, 0.05) is 30.5 Å². The molecule has 198 valence electrons. The molecule has 9 heteroatoms.